The highest BCUT2D eigenvalue weighted by Gasteiger charge is 2.06. The lowest BCUT2D eigenvalue weighted by molar-refractivity contribution is 0.287. The summed E-state index contributed by atoms with van der Waals surface area (Å²) in [5, 5.41) is 0. The fourth-order valence-corrected chi connectivity index (χ4v) is 1.78. The van der Waals surface area contributed by atoms with Crippen LogP contribution in [0.15, 0.2) is 18.3 Å². The van der Waals surface area contributed by atoms with Crippen LogP contribution in [-0.2, 0) is 13.1 Å². The Morgan fingerprint density at radius 1 is 1.47 bits per heavy atom. The Balaban J connectivity index is 2.63. The minimum absolute atomic E-state index is 0.520. The fraction of sp³-hybridized carbons (Fsp3) is 0.583. The second kappa shape index (κ2) is 5.83. The molecule has 0 aromatic carbocycles. The van der Waals surface area contributed by atoms with Gasteiger partial charge in [-0.3, -0.25) is 4.98 Å². The van der Waals surface area contributed by atoms with E-state index in [1.807, 2.05) is 6.07 Å². The SMILES string of the molecule is CC(C)CN(C)Cc1cccnc1CN. The van der Waals surface area contributed by atoms with E-state index >= 15 is 0 Å². The van der Waals surface area contributed by atoms with Gasteiger partial charge in [-0.1, -0.05) is 19.9 Å². The summed E-state index contributed by atoms with van der Waals surface area (Å²) in [6, 6.07) is 4.07. The van der Waals surface area contributed by atoms with Gasteiger partial charge >= 0.3 is 0 Å². The second-order valence-corrected chi connectivity index (χ2v) is 4.40. The maximum Gasteiger partial charge on any atom is 0.0584 e. The van der Waals surface area contributed by atoms with Crippen LogP contribution in [0.4, 0.5) is 0 Å². The first kappa shape index (κ1) is 12.1. The highest BCUT2D eigenvalue weighted by Crippen LogP contribution is 2.08. The standard InChI is InChI=1S/C12H21N3/c1-10(2)8-15(3)9-11-5-4-6-14-12(11)7-13/h4-6,10H,7-9,13H2,1-3H3. The van der Waals surface area contributed by atoms with E-state index in [1.54, 1.807) is 6.20 Å². The average molecular weight is 207 g/mol. The zero-order valence-corrected chi connectivity index (χ0v) is 9.90. The zero-order chi connectivity index (χ0) is 11.3. The Kier molecular flexibility index (Phi) is 4.72. The van der Waals surface area contributed by atoms with Crippen molar-refractivity contribution in [2.75, 3.05) is 13.6 Å². The number of nitrogens with zero attached hydrogens (tertiary/aromatic N) is 2. The minimum Gasteiger partial charge on any atom is -0.325 e. The van der Waals surface area contributed by atoms with Gasteiger partial charge in [0.05, 0.1) is 5.69 Å². The summed E-state index contributed by atoms with van der Waals surface area (Å²) >= 11 is 0. The molecular weight excluding hydrogens is 186 g/mol. The Labute approximate surface area is 92.3 Å². The van der Waals surface area contributed by atoms with Crippen molar-refractivity contribution in [3.63, 3.8) is 0 Å². The zero-order valence-electron chi connectivity index (χ0n) is 9.90. The molecule has 1 aromatic rings. The number of hydrogen-bond donors (Lipinski definition) is 1. The molecule has 1 rings (SSSR count). The molecule has 0 atom stereocenters. The maximum atomic E-state index is 5.65. The molecule has 0 saturated carbocycles. The molecule has 0 unspecified atom stereocenters. The first-order valence-electron chi connectivity index (χ1n) is 5.45. The third-order valence-electron chi connectivity index (χ3n) is 2.29. The van der Waals surface area contributed by atoms with Crippen molar-refractivity contribution < 1.29 is 0 Å². The largest absolute Gasteiger partial charge is 0.325 e. The molecule has 1 heterocycles. The van der Waals surface area contributed by atoms with E-state index < -0.39 is 0 Å². The molecule has 0 aliphatic rings. The van der Waals surface area contributed by atoms with Crippen molar-refractivity contribution in [2.45, 2.75) is 26.9 Å². The normalized spacial score (nSPS) is 11.3. The van der Waals surface area contributed by atoms with Crippen molar-refractivity contribution in [3.8, 4) is 0 Å². The van der Waals surface area contributed by atoms with E-state index in [2.05, 4.69) is 36.8 Å². The highest BCUT2D eigenvalue weighted by atomic mass is 15.1. The van der Waals surface area contributed by atoms with Crippen molar-refractivity contribution in [3.05, 3.63) is 29.6 Å². The van der Waals surface area contributed by atoms with Gasteiger partial charge in [0, 0.05) is 25.8 Å². The van der Waals surface area contributed by atoms with E-state index in [-0.39, 0.29) is 0 Å². The summed E-state index contributed by atoms with van der Waals surface area (Å²) in [5.41, 5.74) is 7.89. The fourth-order valence-electron chi connectivity index (χ4n) is 1.78. The molecule has 3 nitrogen and oxygen atoms in total. The van der Waals surface area contributed by atoms with Crippen molar-refractivity contribution >= 4 is 0 Å². The Bertz CT molecular complexity index is 297. The van der Waals surface area contributed by atoms with Crippen LogP contribution in [0.3, 0.4) is 0 Å². The number of pyridine rings is 1. The van der Waals surface area contributed by atoms with E-state index in [4.69, 9.17) is 5.73 Å². The van der Waals surface area contributed by atoms with Gasteiger partial charge in [0.1, 0.15) is 0 Å². The average Bonchev–Trinajstić information content (AvgIpc) is 2.17. The topological polar surface area (TPSA) is 42.2 Å². The molecule has 0 radical (unpaired) electrons. The van der Waals surface area contributed by atoms with Crippen LogP contribution in [0.2, 0.25) is 0 Å². The molecule has 0 aliphatic carbocycles. The van der Waals surface area contributed by atoms with Gasteiger partial charge < -0.3 is 10.6 Å². The molecule has 0 bridgehead atoms. The monoisotopic (exact) mass is 207 g/mol. The van der Waals surface area contributed by atoms with Crippen LogP contribution < -0.4 is 5.73 Å². The molecule has 2 N–H and O–H groups in total. The summed E-state index contributed by atoms with van der Waals surface area (Å²) in [5.74, 6) is 0.688. The quantitative estimate of drug-likeness (QED) is 0.798. The lowest BCUT2D eigenvalue weighted by Gasteiger charge is -2.19. The summed E-state index contributed by atoms with van der Waals surface area (Å²) in [6.07, 6.45) is 1.80. The predicted octanol–water partition coefficient (Wildman–Crippen LogP) is 1.63. The highest BCUT2D eigenvalue weighted by molar-refractivity contribution is 5.19. The van der Waals surface area contributed by atoms with E-state index in [9.17, 15) is 0 Å². The first-order chi connectivity index (χ1) is 7.13. The lowest BCUT2D eigenvalue weighted by Crippen LogP contribution is -2.23. The molecule has 1 aromatic heterocycles. The summed E-state index contributed by atoms with van der Waals surface area (Å²) in [4.78, 5) is 6.58. The van der Waals surface area contributed by atoms with Crippen LogP contribution >= 0.6 is 0 Å². The van der Waals surface area contributed by atoms with Gasteiger partial charge in [-0.2, -0.15) is 0 Å². The van der Waals surface area contributed by atoms with Gasteiger partial charge in [-0.25, -0.2) is 0 Å². The first-order valence-corrected chi connectivity index (χ1v) is 5.45. The number of aromatic nitrogens is 1. The maximum absolute atomic E-state index is 5.65. The Hall–Kier alpha value is -0.930. The number of nitrogens with two attached hydrogens (primary N) is 1. The molecular formula is C12H21N3. The summed E-state index contributed by atoms with van der Waals surface area (Å²) < 4.78 is 0. The second-order valence-electron chi connectivity index (χ2n) is 4.40. The van der Waals surface area contributed by atoms with Crippen molar-refractivity contribution in [2.24, 2.45) is 11.7 Å². The van der Waals surface area contributed by atoms with Crippen LogP contribution in [0.5, 0.6) is 0 Å². The van der Waals surface area contributed by atoms with Gasteiger partial charge in [0.25, 0.3) is 0 Å². The molecule has 84 valence electrons. The van der Waals surface area contributed by atoms with Crippen LogP contribution in [-0.4, -0.2) is 23.5 Å². The number of rotatable bonds is 5. The number of hydrogen-bond acceptors (Lipinski definition) is 3. The third-order valence-corrected chi connectivity index (χ3v) is 2.29. The van der Waals surface area contributed by atoms with Crippen LogP contribution in [0.25, 0.3) is 0 Å². The van der Waals surface area contributed by atoms with E-state index in [0.717, 1.165) is 18.8 Å². The van der Waals surface area contributed by atoms with Gasteiger partial charge in [0.15, 0.2) is 0 Å². The van der Waals surface area contributed by atoms with E-state index in [1.165, 1.54) is 5.56 Å². The van der Waals surface area contributed by atoms with Crippen molar-refractivity contribution in [1.29, 1.82) is 0 Å². The molecule has 0 saturated heterocycles. The molecule has 0 aliphatic heterocycles. The van der Waals surface area contributed by atoms with Crippen LogP contribution in [0, 0.1) is 5.92 Å². The molecule has 0 amide bonds. The molecule has 15 heavy (non-hydrogen) atoms. The third kappa shape index (κ3) is 3.98. The van der Waals surface area contributed by atoms with Crippen molar-refractivity contribution in [1.82, 2.24) is 9.88 Å². The Morgan fingerprint density at radius 3 is 2.80 bits per heavy atom. The van der Waals surface area contributed by atoms with Gasteiger partial charge in [-0.05, 0) is 24.6 Å². The van der Waals surface area contributed by atoms with Gasteiger partial charge in [-0.15, -0.1) is 0 Å². The Morgan fingerprint density at radius 2 is 2.20 bits per heavy atom. The molecule has 3 heteroatoms. The van der Waals surface area contributed by atoms with Crippen LogP contribution in [0.1, 0.15) is 25.1 Å². The minimum atomic E-state index is 0.520. The smallest absolute Gasteiger partial charge is 0.0584 e. The lowest BCUT2D eigenvalue weighted by atomic mass is 10.1. The predicted molar refractivity (Wildman–Crippen MR) is 63.3 cm³/mol. The van der Waals surface area contributed by atoms with E-state index in [0.29, 0.717) is 12.5 Å². The molecule has 0 spiro atoms. The van der Waals surface area contributed by atoms with Gasteiger partial charge in [0.2, 0.25) is 0 Å². The summed E-state index contributed by atoms with van der Waals surface area (Å²) in [7, 11) is 2.13. The summed E-state index contributed by atoms with van der Waals surface area (Å²) in [6.45, 7) is 7.00. The molecule has 0 fully saturated rings.